The number of amides is 1. The van der Waals surface area contributed by atoms with Gasteiger partial charge >= 0.3 is 0 Å². The molecule has 0 radical (unpaired) electrons. The molecule has 0 saturated heterocycles. The van der Waals surface area contributed by atoms with E-state index in [-0.39, 0.29) is 5.91 Å². The second-order valence-electron chi connectivity index (χ2n) is 4.40. The van der Waals surface area contributed by atoms with Crippen molar-refractivity contribution < 1.29 is 4.79 Å². The van der Waals surface area contributed by atoms with Gasteiger partial charge in [-0.25, -0.2) is 0 Å². The van der Waals surface area contributed by atoms with E-state index in [4.69, 9.17) is 0 Å². The lowest BCUT2D eigenvalue weighted by Crippen LogP contribution is -2.29. The fourth-order valence-electron chi connectivity index (χ4n) is 1.76. The lowest BCUT2D eigenvalue weighted by atomic mass is 10.0. The first-order chi connectivity index (χ1) is 8.60. The van der Waals surface area contributed by atoms with Gasteiger partial charge in [0.25, 0.3) is 5.91 Å². The van der Waals surface area contributed by atoms with Crippen LogP contribution in [0.5, 0.6) is 0 Å². The molecule has 0 spiro atoms. The fourth-order valence-corrected chi connectivity index (χ4v) is 2.85. The van der Waals surface area contributed by atoms with Crippen LogP contribution in [-0.4, -0.2) is 17.8 Å². The van der Waals surface area contributed by atoms with Crippen molar-refractivity contribution in [1.82, 2.24) is 5.32 Å². The Hall–Kier alpha value is -0.350. The van der Waals surface area contributed by atoms with Crippen LogP contribution in [-0.2, 0) is 0 Å². The zero-order valence-electron chi connectivity index (χ0n) is 10.8. The van der Waals surface area contributed by atoms with Crippen LogP contribution in [0.2, 0.25) is 0 Å². The molecule has 1 atom stereocenters. The van der Waals surface area contributed by atoms with E-state index in [2.05, 4.69) is 44.1 Å². The maximum absolute atomic E-state index is 12.1. The first-order valence-corrected chi connectivity index (χ1v) is 8.10. The van der Waals surface area contributed by atoms with Crippen molar-refractivity contribution in [3.8, 4) is 0 Å². The maximum Gasteiger partial charge on any atom is 0.252 e. The number of hydrogen-bond acceptors (Lipinski definition) is 1. The Morgan fingerprint density at radius 1 is 1.44 bits per heavy atom. The average molecular weight is 377 g/mol. The molecule has 1 aromatic rings. The van der Waals surface area contributed by atoms with Gasteiger partial charge in [0.1, 0.15) is 0 Å². The minimum absolute atomic E-state index is 0.00130. The van der Waals surface area contributed by atoms with Crippen LogP contribution >= 0.6 is 31.9 Å². The summed E-state index contributed by atoms with van der Waals surface area (Å²) in [5.41, 5.74) is 1.79. The van der Waals surface area contributed by atoms with Gasteiger partial charge in [-0.15, -0.1) is 0 Å². The van der Waals surface area contributed by atoms with E-state index in [0.717, 1.165) is 34.8 Å². The summed E-state index contributed by atoms with van der Waals surface area (Å²) in [5.74, 6) is 0.538. The van der Waals surface area contributed by atoms with Crippen LogP contribution in [0.3, 0.4) is 0 Å². The van der Waals surface area contributed by atoms with Crippen molar-refractivity contribution in [3.63, 3.8) is 0 Å². The normalized spacial score (nSPS) is 12.2. The zero-order valence-corrected chi connectivity index (χ0v) is 14.0. The number of nitrogens with one attached hydrogen (secondary N) is 1. The van der Waals surface area contributed by atoms with Gasteiger partial charge in [0.2, 0.25) is 0 Å². The molecule has 0 aliphatic rings. The lowest BCUT2D eigenvalue weighted by Gasteiger charge is -2.15. The largest absolute Gasteiger partial charge is 0.352 e. The third-order valence-corrected chi connectivity index (χ3v) is 4.59. The number of rotatable bonds is 6. The van der Waals surface area contributed by atoms with Gasteiger partial charge in [-0.05, 0) is 46.8 Å². The number of carbonyl (C=O) groups is 1. The molecule has 1 unspecified atom stereocenters. The van der Waals surface area contributed by atoms with Crippen LogP contribution in [0.1, 0.15) is 35.7 Å². The molecule has 1 amide bonds. The highest BCUT2D eigenvalue weighted by Gasteiger charge is 2.13. The number of hydrogen-bond donors (Lipinski definition) is 1. The molecule has 0 fully saturated rings. The first-order valence-electron chi connectivity index (χ1n) is 6.19. The monoisotopic (exact) mass is 375 g/mol. The third-order valence-electron chi connectivity index (χ3n) is 3.08. The highest BCUT2D eigenvalue weighted by atomic mass is 79.9. The summed E-state index contributed by atoms with van der Waals surface area (Å²) < 4.78 is 0.885. The molecule has 2 nitrogen and oxygen atoms in total. The third kappa shape index (κ3) is 4.39. The maximum atomic E-state index is 12.1. The van der Waals surface area contributed by atoms with E-state index in [1.165, 1.54) is 0 Å². The van der Waals surface area contributed by atoms with E-state index in [1.54, 1.807) is 0 Å². The molecule has 100 valence electrons. The van der Waals surface area contributed by atoms with Gasteiger partial charge in [-0.2, -0.15) is 0 Å². The Labute approximate surface area is 126 Å². The predicted molar refractivity (Wildman–Crippen MR) is 83.4 cm³/mol. The van der Waals surface area contributed by atoms with Crippen molar-refractivity contribution in [1.29, 1.82) is 0 Å². The highest BCUT2D eigenvalue weighted by Crippen LogP contribution is 2.21. The molecule has 0 aromatic heterocycles. The Morgan fingerprint density at radius 3 is 2.78 bits per heavy atom. The molecule has 0 saturated carbocycles. The number of aryl methyl sites for hydroxylation is 1. The van der Waals surface area contributed by atoms with Crippen LogP contribution in [0.4, 0.5) is 0 Å². The molecule has 0 heterocycles. The first kappa shape index (κ1) is 15.7. The van der Waals surface area contributed by atoms with E-state index in [9.17, 15) is 4.79 Å². The minimum Gasteiger partial charge on any atom is -0.352 e. The summed E-state index contributed by atoms with van der Waals surface area (Å²) in [6.07, 6.45) is 2.17. The number of carbonyl (C=O) groups excluding carboxylic acids is 1. The Kier molecular flexibility index (Phi) is 6.94. The van der Waals surface area contributed by atoms with Crippen molar-refractivity contribution >= 4 is 37.8 Å². The van der Waals surface area contributed by atoms with Gasteiger partial charge < -0.3 is 5.32 Å². The van der Waals surface area contributed by atoms with Gasteiger partial charge in [0.15, 0.2) is 0 Å². The standard InChI is InChI=1S/C14H19Br2NO/c1-3-11(7-8-15)9-17-14(18)12-6-4-5-10(2)13(12)16/h4-6,11H,3,7-9H2,1-2H3,(H,17,18). The Bertz CT molecular complexity index is 407. The van der Waals surface area contributed by atoms with Crippen molar-refractivity contribution in [2.24, 2.45) is 5.92 Å². The molecule has 0 aliphatic heterocycles. The van der Waals surface area contributed by atoms with Gasteiger partial charge in [0.05, 0.1) is 5.56 Å². The van der Waals surface area contributed by atoms with E-state index in [1.807, 2.05) is 25.1 Å². The Balaban J connectivity index is 2.62. The second kappa shape index (κ2) is 7.95. The molecule has 4 heteroatoms. The summed E-state index contributed by atoms with van der Waals surface area (Å²) in [6, 6.07) is 5.74. The zero-order chi connectivity index (χ0) is 13.5. The van der Waals surface area contributed by atoms with Crippen molar-refractivity contribution in [2.45, 2.75) is 26.7 Å². The minimum atomic E-state index is -0.00130. The topological polar surface area (TPSA) is 29.1 Å². The highest BCUT2D eigenvalue weighted by molar-refractivity contribution is 9.10. The predicted octanol–water partition coefficient (Wildman–Crippen LogP) is 4.30. The van der Waals surface area contributed by atoms with Gasteiger partial charge in [-0.3, -0.25) is 4.79 Å². The summed E-state index contributed by atoms with van der Waals surface area (Å²) in [7, 11) is 0. The Morgan fingerprint density at radius 2 is 2.17 bits per heavy atom. The molecule has 1 rings (SSSR count). The van der Waals surface area contributed by atoms with E-state index in [0.29, 0.717) is 11.5 Å². The van der Waals surface area contributed by atoms with Crippen LogP contribution in [0, 0.1) is 12.8 Å². The summed E-state index contributed by atoms with van der Waals surface area (Å²) in [5, 5.41) is 3.99. The van der Waals surface area contributed by atoms with Gasteiger partial charge in [0, 0.05) is 16.3 Å². The SMILES string of the molecule is CCC(CCBr)CNC(=O)c1cccc(C)c1Br. The summed E-state index contributed by atoms with van der Waals surface area (Å²) in [4.78, 5) is 12.1. The number of alkyl halides is 1. The number of halogens is 2. The summed E-state index contributed by atoms with van der Waals surface area (Å²) >= 11 is 6.91. The fraction of sp³-hybridized carbons (Fsp3) is 0.500. The van der Waals surface area contributed by atoms with Gasteiger partial charge in [-0.1, -0.05) is 41.4 Å². The quantitative estimate of drug-likeness (QED) is 0.737. The molecule has 0 bridgehead atoms. The van der Waals surface area contributed by atoms with Crippen molar-refractivity contribution in [2.75, 3.05) is 11.9 Å². The van der Waals surface area contributed by atoms with Crippen LogP contribution < -0.4 is 5.32 Å². The molecule has 1 N–H and O–H groups in total. The summed E-state index contributed by atoms with van der Waals surface area (Å²) in [6.45, 7) is 4.88. The molecule has 18 heavy (non-hydrogen) atoms. The molecular formula is C14H19Br2NO. The molecular weight excluding hydrogens is 358 g/mol. The van der Waals surface area contributed by atoms with Crippen LogP contribution in [0.15, 0.2) is 22.7 Å². The molecule has 1 aromatic carbocycles. The van der Waals surface area contributed by atoms with E-state index >= 15 is 0 Å². The lowest BCUT2D eigenvalue weighted by molar-refractivity contribution is 0.0945. The second-order valence-corrected chi connectivity index (χ2v) is 5.98. The molecule has 0 aliphatic carbocycles. The van der Waals surface area contributed by atoms with E-state index < -0.39 is 0 Å². The average Bonchev–Trinajstić information content (AvgIpc) is 2.37. The van der Waals surface area contributed by atoms with Crippen LogP contribution in [0.25, 0.3) is 0 Å². The van der Waals surface area contributed by atoms with Crippen molar-refractivity contribution in [3.05, 3.63) is 33.8 Å². The smallest absolute Gasteiger partial charge is 0.252 e. The number of benzene rings is 1.